The van der Waals surface area contributed by atoms with E-state index in [0.717, 1.165) is 12.8 Å². The van der Waals surface area contributed by atoms with Crippen molar-refractivity contribution in [3.05, 3.63) is 24.8 Å². The highest BCUT2D eigenvalue weighted by Gasteiger charge is 2.49. The number of hydrogen-bond donors (Lipinski definition) is 0. The molecule has 0 N–H and O–H groups in total. The summed E-state index contributed by atoms with van der Waals surface area (Å²) in [5, 5.41) is 0. The van der Waals surface area contributed by atoms with Crippen molar-refractivity contribution in [2.24, 2.45) is 29.6 Å². The van der Waals surface area contributed by atoms with E-state index in [1.165, 1.54) is 0 Å². The van der Waals surface area contributed by atoms with Crippen molar-refractivity contribution in [3.8, 4) is 0 Å². The van der Waals surface area contributed by atoms with E-state index >= 15 is 0 Å². The Kier molecular flexibility index (Phi) is 4.10. The quantitative estimate of drug-likeness (QED) is 0.585. The van der Waals surface area contributed by atoms with E-state index in [-0.39, 0.29) is 48.3 Å². The lowest BCUT2D eigenvalue weighted by Crippen LogP contribution is -2.42. The van der Waals surface area contributed by atoms with Gasteiger partial charge in [0.15, 0.2) is 6.79 Å². The maximum Gasteiger partial charge on any atom is 0.313 e. The van der Waals surface area contributed by atoms with Crippen LogP contribution in [0.1, 0.15) is 12.8 Å². The fraction of sp³-hybridized carbons (Fsp3) is 0.625. The van der Waals surface area contributed by atoms with Crippen LogP contribution in [0.4, 0.5) is 0 Å². The van der Waals surface area contributed by atoms with E-state index in [4.69, 9.17) is 14.2 Å². The van der Waals surface area contributed by atoms with Gasteiger partial charge in [-0.1, -0.05) is 24.8 Å². The Morgan fingerprint density at radius 1 is 1.05 bits per heavy atom. The van der Waals surface area contributed by atoms with Crippen LogP contribution in [0.15, 0.2) is 24.8 Å². The first-order valence-corrected chi connectivity index (χ1v) is 7.41. The second-order valence-electron chi connectivity index (χ2n) is 5.99. The molecular weight excluding hydrogens is 272 g/mol. The minimum absolute atomic E-state index is 0.0511. The Morgan fingerprint density at radius 3 is 2.67 bits per heavy atom. The molecule has 5 unspecified atom stereocenters. The molecule has 0 aromatic carbocycles. The first kappa shape index (κ1) is 14.3. The van der Waals surface area contributed by atoms with Gasteiger partial charge in [0.05, 0.1) is 25.0 Å². The molecule has 3 fully saturated rings. The molecule has 3 aliphatic rings. The van der Waals surface area contributed by atoms with Gasteiger partial charge in [-0.05, 0) is 24.7 Å². The van der Waals surface area contributed by atoms with Crippen molar-refractivity contribution in [3.63, 3.8) is 0 Å². The summed E-state index contributed by atoms with van der Waals surface area (Å²) >= 11 is 0. The number of hydrogen-bond acceptors (Lipinski definition) is 5. The van der Waals surface area contributed by atoms with Crippen molar-refractivity contribution in [2.45, 2.75) is 12.8 Å². The topological polar surface area (TPSA) is 61.8 Å². The molecule has 0 radical (unpaired) electrons. The van der Waals surface area contributed by atoms with E-state index in [1.54, 1.807) is 6.08 Å². The Balaban J connectivity index is 1.78. The normalized spacial score (nSPS) is 39.7. The van der Waals surface area contributed by atoms with Gasteiger partial charge < -0.3 is 14.2 Å². The minimum atomic E-state index is -0.227. The smallest absolute Gasteiger partial charge is 0.313 e. The van der Waals surface area contributed by atoms with Crippen LogP contribution in [0.5, 0.6) is 0 Å². The summed E-state index contributed by atoms with van der Waals surface area (Å²) in [4.78, 5) is 23.9. The maximum absolute atomic E-state index is 11.9. The van der Waals surface area contributed by atoms with Crippen molar-refractivity contribution in [1.82, 2.24) is 0 Å². The van der Waals surface area contributed by atoms with Crippen molar-refractivity contribution >= 4 is 11.9 Å². The number of rotatable bonds is 3. The monoisotopic (exact) mass is 292 g/mol. The molecule has 3 rings (SSSR count). The Morgan fingerprint density at radius 2 is 1.90 bits per heavy atom. The van der Waals surface area contributed by atoms with E-state index in [9.17, 15) is 9.59 Å². The third-order valence-electron chi connectivity index (χ3n) is 4.81. The zero-order valence-electron chi connectivity index (χ0n) is 11.9. The average molecular weight is 292 g/mol. The zero-order valence-corrected chi connectivity index (χ0v) is 11.9. The van der Waals surface area contributed by atoms with Crippen LogP contribution in [0.2, 0.25) is 0 Å². The number of carbonyl (C=O) groups excluding carboxylic acids is 2. The second kappa shape index (κ2) is 6.02. The number of ether oxygens (including phenoxy) is 3. The Hall–Kier alpha value is -1.62. The predicted octanol–water partition coefficient (Wildman–Crippen LogP) is 1.69. The van der Waals surface area contributed by atoms with Crippen LogP contribution in [0, 0.1) is 29.6 Å². The Bertz CT molecular complexity index is 469. The molecule has 1 saturated carbocycles. The zero-order chi connectivity index (χ0) is 14.8. The minimum Gasteiger partial charge on any atom is -0.465 e. The van der Waals surface area contributed by atoms with Crippen LogP contribution in [0.3, 0.4) is 0 Å². The van der Waals surface area contributed by atoms with Gasteiger partial charge in [-0.25, -0.2) is 0 Å². The lowest BCUT2D eigenvalue weighted by molar-refractivity contribution is -0.185. The van der Waals surface area contributed by atoms with Crippen LogP contribution < -0.4 is 0 Å². The molecule has 5 nitrogen and oxygen atoms in total. The van der Waals surface area contributed by atoms with Crippen molar-refractivity contribution in [2.75, 3.05) is 20.0 Å². The molecule has 5 atom stereocenters. The summed E-state index contributed by atoms with van der Waals surface area (Å²) in [7, 11) is 0. The van der Waals surface area contributed by atoms with Gasteiger partial charge in [-0.15, -0.1) is 0 Å². The molecule has 0 aromatic heterocycles. The molecule has 2 saturated heterocycles. The van der Waals surface area contributed by atoms with Gasteiger partial charge in [0.2, 0.25) is 0 Å². The lowest BCUT2D eigenvalue weighted by atomic mass is 9.65. The maximum atomic E-state index is 11.9. The highest BCUT2D eigenvalue weighted by molar-refractivity contribution is 5.76. The number of carbonyl (C=O) groups is 2. The molecule has 2 heterocycles. The molecule has 2 aliphatic heterocycles. The summed E-state index contributed by atoms with van der Waals surface area (Å²) in [6.45, 7) is 4.59. The molecule has 0 amide bonds. The van der Waals surface area contributed by atoms with Gasteiger partial charge in [0.1, 0.15) is 0 Å². The van der Waals surface area contributed by atoms with Crippen LogP contribution in [-0.4, -0.2) is 31.9 Å². The third kappa shape index (κ3) is 2.75. The van der Waals surface area contributed by atoms with Crippen LogP contribution in [0.25, 0.3) is 0 Å². The van der Waals surface area contributed by atoms with Crippen LogP contribution in [-0.2, 0) is 23.8 Å². The molecule has 114 valence electrons. The Labute approximate surface area is 123 Å². The van der Waals surface area contributed by atoms with Crippen molar-refractivity contribution < 1.29 is 23.8 Å². The summed E-state index contributed by atoms with van der Waals surface area (Å²) in [6.07, 6.45) is 7.18. The fourth-order valence-electron chi connectivity index (χ4n) is 3.83. The lowest BCUT2D eigenvalue weighted by Gasteiger charge is -2.38. The number of allylic oxidation sites excluding steroid dienone is 3. The number of esters is 2. The molecular formula is C16H20O5. The van der Waals surface area contributed by atoms with Gasteiger partial charge in [0, 0.05) is 5.92 Å². The van der Waals surface area contributed by atoms with E-state index in [2.05, 4.69) is 6.58 Å². The largest absolute Gasteiger partial charge is 0.465 e. The van der Waals surface area contributed by atoms with Crippen molar-refractivity contribution in [1.29, 1.82) is 0 Å². The van der Waals surface area contributed by atoms with E-state index in [0.29, 0.717) is 13.2 Å². The SMILES string of the molecule is C=C/C=C\C1CC(C2COCOC2=O)CC2COC(=O)C12. The number of cyclic esters (lactones) is 2. The first-order chi connectivity index (χ1) is 10.2. The third-order valence-corrected chi connectivity index (χ3v) is 4.81. The van der Waals surface area contributed by atoms with Crippen LogP contribution >= 0.6 is 0 Å². The average Bonchev–Trinajstić information content (AvgIpc) is 2.87. The molecule has 21 heavy (non-hydrogen) atoms. The standard InChI is InChI=1S/C16H20O5/c1-2-3-4-10-5-11(13-8-19-9-21-15(13)17)6-12-7-20-16(18)14(10)12/h2-4,10-14H,1,5-9H2/b4-3-. The highest BCUT2D eigenvalue weighted by Crippen LogP contribution is 2.46. The second-order valence-corrected chi connectivity index (χ2v) is 5.99. The number of fused-ring (bicyclic) bond motifs is 1. The van der Waals surface area contributed by atoms with Gasteiger partial charge in [-0.2, -0.15) is 0 Å². The molecule has 5 heteroatoms. The van der Waals surface area contributed by atoms with Gasteiger partial charge in [0.25, 0.3) is 0 Å². The predicted molar refractivity (Wildman–Crippen MR) is 73.9 cm³/mol. The summed E-state index contributed by atoms with van der Waals surface area (Å²) in [6, 6.07) is 0. The van der Waals surface area contributed by atoms with Gasteiger partial charge in [-0.3, -0.25) is 9.59 Å². The molecule has 0 aromatic rings. The summed E-state index contributed by atoms with van der Waals surface area (Å²) in [5.74, 6) is -0.149. The fourth-order valence-corrected chi connectivity index (χ4v) is 3.83. The highest BCUT2D eigenvalue weighted by atomic mass is 16.7. The molecule has 0 spiro atoms. The molecule has 0 bridgehead atoms. The first-order valence-electron chi connectivity index (χ1n) is 7.41. The summed E-state index contributed by atoms with van der Waals surface area (Å²) < 4.78 is 15.5. The van der Waals surface area contributed by atoms with E-state index in [1.807, 2.05) is 12.2 Å². The summed E-state index contributed by atoms with van der Waals surface area (Å²) in [5.41, 5.74) is 0. The molecule has 1 aliphatic carbocycles. The van der Waals surface area contributed by atoms with E-state index < -0.39 is 0 Å². The van der Waals surface area contributed by atoms with Gasteiger partial charge >= 0.3 is 11.9 Å².